The van der Waals surface area contributed by atoms with Crippen molar-refractivity contribution in [3.63, 3.8) is 0 Å². The molecule has 0 heterocycles. The lowest BCUT2D eigenvalue weighted by atomic mass is 10.1. The van der Waals surface area contributed by atoms with Crippen LogP contribution in [0.5, 0.6) is 0 Å². The Morgan fingerprint density at radius 3 is 1.57 bits per heavy atom. The van der Waals surface area contributed by atoms with Crippen LogP contribution in [0.25, 0.3) is 0 Å². The van der Waals surface area contributed by atoms with Gasteiger partial charge in [-0.25, -0.2) is 4.79 Å². The minimum Gasteiger partial charge on any atom is -0.481 e. The molecule has 198 valence electrons. The Morgan fingerprint density at radius 2 is 1.14 bits per heavy atom. The topological polar surface area (TPSA) is 294 Å². The summed E-state index contributed by atoms with van der Waals surface area (Å²) in [6.45, 7) is 1.10. The van der Waals surface area contributed by atoms with E-state index in [1.54, 1.807) is 0 Å². The highest BCUT2D eigenvalue weighted by atomic mass is 16.4. The average molecular weight is 504 g/mol. The van der Waals surface area contributed by atoms with Gasteiger partial charge in [0.1, 0.15) is 12.1 Å². The number of carboxylic acid groups (broad SMARTS) is 2. The van der Waals surface area contributed by atoms with Crippen molar-refractivity contribution in [2.75, 3.05) is 0 Å². The van der Waals surface area contributed by atoms with E-state index in [9.17, 15) is 38.7 Å². The van der Waals surface area contributed by atoms with Gasteiger partial charge in [-0.05, 0) is 26.2 Å². The van der Waals surface area contributed by atoms with Crippen LogP contribution in [0.15, 0.2) is 0 Å². The monoisotopic (exact) mass is 504 g/mol. The summed E-state index contributed by atoms with van der Waals surface area (Å²) < 4.78 is 0. The fourth-order valence-electron chi connectivity index (χ4n) is 2.71. The third-order valence-electron chi connectivity index (χ3n) is 4.68. The van der Waals surface area contributed by atoms with Crippen molar-refractivity contribution in [3.05, 3.63) is 0 Å². The van der Waals surface area contributed by atoms with E-state index in [4.69, 9.17) is 27.4 Å². The van der Waals surface area contributed by atoms with Gasteiger partial charge in [-0.2, -0.15) is 0 Å². The van der Waals surface area contributed by atoms with Crippen molar-refractivity contribution in [2.24, 2.45) is 17.2 Å². The minimum absolute atomic E-state index is 0.134. The first-order valence-electron chi connectivity index (χ1n) is 10.5. The zero-order valence-corrected chi connectivity index (χ0v) is 19.1. The smallest absolute Gasteiger partial charge is 0.328 e. The van der Waals surface area contributed by atoms with Gasteiger partial charge in [-0.1, -0.05) is 0 Å². The molecular formula is C19H32N6O10. The SMILES string of the molecule is CC(O)C(NC(=O)C(CCC(=O)O)NC(=O)C(CCC(N)=O)NC(=O)C(N)CCC(N)=O)C(=O)O. The summed E-state index contributed by atoms with van der Waals surface area (Å²) in [5.74, 6) is -7.41. The highest BCUT2D eigenvalue weighted by molar-refractivity contribution is 5.94. The Balaban J connectivity index is 5.61. The molecule has 0 radical (unpaired) electrons. The molecule has 0 spiro atoms. The minimum atomic E-state index is -1.75. The number of primary amides is 2. The molecule has 5 amide bonds. The first-order valence-corrected chi connectivity index (χ1v) is 10.5. The maximum Gasteiger partial charge on any atom is 0.328 e. The van der Waals surface area contributed by atoms with E-state index in [1.807, 2.05) is 5.32 Å². The Labute approximate surface area is 199 Å². The van der Waals surface area contributed by atoms with Crippen LogP contribution in [-0.4, -0.2) is 87.1 Å². The summed E-state index contributed by atoms with van der Waals surface area (Å²) in [5.41, 5.74) is 15.7. The number of rotatable bonds is 17. The van der Waals surface area contributed by atoms with Crippen LogP contribution in [0.2, 0.25) is 0 Å². The number of amides is 5. The maximum atomic E-state index is 12.8. The van der Waals surface area contributed by atoms with Crippen LogP contribution < -0.4 is 33.2 Å². The summed E-state index contributed by atoms with van der Waals surface area (Å²) in [6.07, 6.45) is -3.59. The second-order valence-electron chi connectivity index (χ2n) is 7.74. The van der Waals surface area contributed by atoms with Crippen LogP contribution in [0.4, 0.5) is 0 Å². The average Bonchev–Trinajstić information content (AvgIpc) is 2.74. The van der Waals surface area contributed by atoms with Crippen LogP contribution in [-0.2, 0) is 33.6 Å². The number of hydrogen-bond acceptors (Lipinski definition) is 9. The maximum absolute atomic E-state index is 12.8. The fraction of sp³-hybridized carbons (Fsp3) is 0.632. The summed E-state index contributed by atoms with van der Waals surface area (Å²) in [4.78, 5) is 81.9. The van der Waals surface area contributed by atoms with Crippen molar-refractivity contribution < 1.29 is 48.9 Å². The van der Waals surface area contributed by atoms with Gasteiger partial charge in [0.05, 0.1) is 12.1 Å². The molecule has 0 aromatic carbocycles. The molecule has 16 nitrogen and oxygen atoms in total. The van der Waals surface area contributed by atoms with E-state index < -0.39 is 84.6 Å². The number of carbonyl (C=O) groups is 7. The zero-order chi connectivity index (χ0) is 27.3. The van der Waals surface area contributed by atoms with Gasteiger partial charge in [-0.3, -0.25) is 28.8 Å². The summed E-state index contributed by atoms with van der Waals surface area (Å²) >= 11 is 0. The molecule has 0 aromatic rings. The molecule has 0 aliphatic heterocycles. The second kappa shape index (κ2) is 15.2. The second-order valence-corrected chi connectivity index (χ2v) is 7.74. The molecule has 0 saturated carbocycles. The van der Waals surface area contributed by atoms with E-state index in [2.05, 4.69) is 10.6 Å². The lowest BCUT2D eigenvalue weighted by Gasteiger charge is -2.25. The number of carboxylic acids is 2. The predicted molar refractivity (Wildman–Crippen MR) is 117 cm³/mol. The number of carbonyl (C=O) groups excluding carboxylic acids is 5. The quantitative estimate of drug-likeness (QED) is 0.0911. The fourth-order valence-corrected chi connectivity index (χ4v) is 2.71. The van der Waals surface area contributed by atoms with Gasteiger partial charge in [0, 0.05) is 19.3 Å². The van der Waals surface area contributed by atoms with Gasteiger partial charge < -0.3 is 48.5 Å². The van der Waals surface area contributed by atoms with Crippen molar-refractivity contribution in [1.29, 1.82) is 0 Å². The van der Waals surface area contributed by atoms with Crippen molar-refractivity contribution in [3.8, 4) is 0 Å². The molecule has 16 heteroatoms. The Morgan fingerprint density at radius 1 is 0.714 bits per heavy atom. The van der Waals surface area contributed by atoms with E-state index in [-0.39, 0.29) is 25.7 Å². The van der Waals surface area contributed by atoms with Crippen molar-refractivity contribution >= 4 is 41.5 Å². The highest BCUT2D eigenvalue weighted by Crippen LogP contribution is 2.05. The van der Waals surface area contributed by atoms with Gasteiger partial charge in [0.25, 0.3) is 0 Å². The standard InChI is InChI=1S/C19H32N6O10/c1-8(26)15(19(34)35)25-18(33)11(4-7-14(29)30)24-17(32)10(3-6-13(22)28)23-16(31)9(20)2-5-12(21)27/h8-11,15,26H,2-7,20H2,1H3,(H2,21,27)(H2,22,28)(H,23,31)(H,24,32)(H,25,33)(H,29,30)(H,34,35). The van der Waals surface area contributed by atoms with Gasteiger partial charge in [0.15, 0.2) is 6.04 Å². The number of nitrogens with one attached hydrogen (secondary N) is 3. The Bertz CT molecular complexity index is 818. The number of hydrogen-bond donors (Lipinski definition) is 9. The number of aliphatic carboxylic acids is 2. The number of nitrogens with two attached hydrogens (primary N) is 3. The van der Waals surface area contributed by atoms with Gasteiger partial charge in [-0.15, -0.1) is 0 Å². The largest absolute Gasteiger partial charge is 0.481 e. The molecule has 0 bridgehead atoms. The Hall–Kier alpha value is -3.79. The molecule has 0 saturated heterocycles. The molecule has 5 unspecified atom stereocenters. The van der Waals surface area contributed by atoms with E-state index in [0.717, 1.165) is 6.92 Å². The number of aliphatic hydroxyl groups is 1. The predicted octanol–water partition coefficient (Wildman–Crippen LogP) is -4.37. The van der Waals surface area contributed by atoms with E-state index >= 15 is 0 Å². The van der Waals surface area contributed by atoms with Crippen LogP contribution in [0, 0.1) is 0 Å². The Kier molecular flexibility index (Phi) is 13.5. The summed E-state index contributed by atoms with van der Waals surface area (Å²) in [7, 11) is 0. The van der Waals surface area contributed by atoms with Gasteiger partial charge >= 0.3 is 11.9 Å². The van der Waals surface area contributed by atoms with Crippen LogP contribution in [0.3, 0.4) is 0 Å². The zero-order valence-electron chi connectivity index (χ0n) is 19.1. The van der Waals surface area contributed by atoms with Crippen LogP contribution in [0.1, 0.15) is 45.4 Å². The van der Waals surface area contributed by atoms with Crippen LogP contribution >= 0.6 is 0 Å². The molecule has 0 aliphatic rings. The summed E-state index contributed by atoms with van der Waals surface area (Å²) in [5, 5.41) is 34.1. The summed E-state index contributed by atoms with van der Waals surface area (Å²) in [6, 6.07) is -6.00. The van der Waals surface area contributed by atoms with Crippen molar-refractivity contribution in [2.45, 2.75) is 75.7 Å². The van der Waals surface area contributed by atoms with E-state index in [1.165, 1.54) is 0 Å². The third-order valence-corrected chi connectivity index (χ3v) is 4.68. The molecule has 0 aromatic heterocycles. The lowest BCUT2D eigenvalue weighted by molar-refractivity contribution is -0.145. The molecule has 0 aliphatic carbocycles. The first-order chi connectivity index (χ1) is 16.1. The molecule has 0 fully saturated rings. The van der Waals surface area contributed by atoms with E-state index in [0.29, 0.717) is 0 Å². The molecule has 35 heavy (non-hydrogen) atoms. The van der Waals surface area contributed by atoms with Gasteiger partial charge in [0.2, 0.25) is 29.5 Å². The molecule has 12 N–H and O–H groups in total. The van der Waals surface area contributed by atoms with Crippen molar-refractivity contribution in [1.82, 2.24) is 16.0 Å². The normalized spacial score (nSPS) is 14.9. The molecular weight excluding hydrogens is 472 g/mol. The first kappa shape index (κ1) is 31.2. The third kappa shape index (κ3) is 12.9. The highest BCUT2D eigenvalue weighted by Gasteiger charge is 2.32. The lowest BCUT2D eigenvalue weighted by Crippen LogP contribution is -2.58. The number of aliphatic hydroxyl groups excluding tert-OH is 1. The molecule has 0 rings (SSSR count). The molecule has 5 atom stereocenters.